The molecular formula is C11H10OS. The minimum atomic E-state index is 0.363. The summed E-state index contributed by atoms with van der Waals surface area (Å²) >= 11 is 1.65. The van der Waals surface area contributed by atoms with Gasteiger partial charge in [-0.2, -0.15) is 0 Å². The summed E-state index contributed by atoms with van der Waals surface area (Å²) < 4.78 is 0. The van der Waals surface area contributed by atoms with Crippen molar-refractivity contribution in [2.75, 3.05) is 6.26 Å². The van der Waals surface area contributed by atoms with Crippen molar-refractivity contribution in [3.8, 4) is 5.75 Å². The van der Waals surface area contributed by atoms with Crippen LogP contribution in [0.25, 0.3) is 10.8 Å². The van der Waals surface area contributed by atoms with E-state index in [0.717, 1.165) is 15.7 Å². The second-order valence-electron chi connectivity index (χ2n) is 2.84. The molecule has 2 aromatic carbocycles. The van der Waals surface area contributed by atoms with Gasteiger partial charge in [0.05, 0.1) is 0 Å². The molecule has 0 fully saturated rings. The monoisotopic (exact) mass is 190 g/mol. The molecule has 1 nitrogen and oxygen atoms in total. The Bertz CT molecular complexity index is 432. The Balaban J connectivity index is 2.87. The lowest BCUT2D eigenvalue weighted by molar-refractivity contribution is 0.481. The van der Waals surface area contributed by atoms with E-state index in [-0.39, 0.29) is 0 Å². The quantitative estimate of drug-likeness (QED) is 0.696. The lowest BCUT2D eigenvalue weighted by Gasteiger charge is -2.04. The van der Waals surface area contributed by atoms with E-state index in [1.807, 2.05) is 36.6 Å². The number of hydrogen-bond acceptors (Lipinski definition) is 2. The number of rotatable bonds is 1. The zero-order valence-electron chi connectivity index (χ0n) is 7.32. The van der Waals surface area contributed by atoms with Gasteiger partial charge in [0.1, 0.15) is 5.75 Å². The maximum absolute atomic E-state index is 9.67. The second-order valence-corrected chi connectivity index (χ2v) is 3.68. The van der Waals surface area contributed by atoms with Gasteiger partial charge in [0, 0.05) is 10.3 Å². The topological polar surface area (TPSA) is 20.2 Å². The summed E-state index contributed by atoms with van der Waals surface area (Å²) in [5.74, 6) is 0.363. The molecule has 0 saturated heterocycles. The van der Waals surface area contributed by atoms with Gasteiger partial charge in [0.15, 0.2) is 0 Å². The van der Waals surface area contributed by atoms with Crippen molar-refractivity contribution < 1.29 is 5.11 Å². The summed E-state index contributed by atoms with van der Waals surface area (Å²) in [5.41, 5.74) is 0. The molecule has 0 aromatic heterocycles. The van der Waals surface area contributed by atoms with Crippen LogP contribution in [0.5, 0.6) is 5.75 Å². The minimum Gasteiger partial charge on any atom is -0.507 e. The fourth-order valence-corrected chi connectivity index (χ4v) is 2.10. The van der Waals surface area contributed by atoms with Crippen molar-refractivity contribution in [3.63, 3.8) is 0 Å². The second kappa shape index (κ2) is 3.30. The van der Waals surface area contributed by atoms with Crippen molar-refractivity contribution in [2.45, 2.75) is 4.90 Å². The highest BCUT2D eigenvalue weighted by molar-refractivity contribution is 7.98. The molecular weight excluding hydrogens is 180 g/mol. The smallest absolute Gasteiger partial charge is 0.124 e. The van der Waals surface area contributed by atoms with Gasteiger partial charge >= 0.3 is 0 Å². The molecule has 13 heavy (non-hydrogen) atoms. The number of fused-ring (bicyclic) bond motifs is 1. The number of benzene rings is 2. The molecule has 0 unspecified atom stereocenters. The van der Waals surface area contributed by atoms with Crippen LogP contribution in [0.4, 0.5) is 0 Å². The fraction of sp³-hybridized carbons (Fsp3) is 0.0909. The Morgan fingerprint density at radius 1 is 1.08 bits per heavy atom. The SMILES string of the molecule is CSc1cccc2cccc(O)c12. The van der Waals surface area contributed by atoms with Crippen LogP contribution in [0, 0.1) is 0 Å². The molecule has 1 N–H and O–H groups in total. The first-order valence-electron chi connectivity index (χ1n) is 4.07. The molecule has 0 aliphatic heterocycles. The molecule has 0 saturated carbocycles. The van der Waals surface area contributed by atoms with Crippen molar-refractivity contribution in [3.05, 3.63) is 36.4 Å². The van der Waals surface area contributed by atoms with Gasteiger partial charge in [-0.1, -0.05) is 24.3 Å². The van der Waals surface area contributed by atoms with Gasteiger partial charge in [0.2, 0.25) is 0 Å². The third-order valence-corrected chi connectivity index (χ3v) is 2.84. The van der Waals surface area contributed by atoms with Crippen molar-refractivity contribution in [1.29, 1.82) is 0 Å². The molecule has 0 radical (unpaired) electrons. The summed E-state index contributed by atoms with van der Waals surface area (Å²) in [6.45, 7) is 0. The van der Waals surface area contributed by atoms with Gasteiger partial charge in [-0.25, -0.2) is 0 Å². The number of thioether (sulfide) groups is 1. The van der Waals surface area contributed by atoms with E-state index in [0.29, 0.717) is 5.75 Å². The molecule has 0 aliphatic rings. The average Bonchev–Trinajstić information content (AvgIpc) is 2.17. The van der Waals surface area contributed by atoms with Crippen LogP contribution in [0.2, 0.25) is 0 Å². The summed E-state index contributed by atoms with van der Waals surface area (Å²) in [5, 5.41) is 11.7. The Kier molecular flexibility index (Phi) is 2.15. The third kappa shape index (κ3) is 1.38. The average molecular weight is 190 g/mol. The number of hydrogen-bond donors (Lipinski definition) is 1. The van der Waals surface area contributed by atoms with Crippen molar-refractivity contribution >= 4 is 22.5 Å². The first-order valence-corrected chi connectivity index (χ1v) is 5.30. The van der Waals surface area contributed by atoms with E-state index in [4.69, 9.17) is 0 Å². The molecule has 2 rings (SSSR count). The maximum Gasteiger partial charge on any atom is 0.124 e. The Labute approximate surface area is 81.4 Å². The number of phenolic OH excluding ortho intramolecular Hbond substituents is 1. The van der Waals surface area contributed by atoms with E-state index in [1.165, 1.54) is 0 Å². The first kappa shape index (κ1) is 8.45. The van der Waals surface area contributed by atoms with E-state index < -0.39 is 0 Å². The van der Waals surface area contributed by atoms with Crippen LogP contribution in [-0.2, 0) is 0 Å². The normalized spacial score (nSPS) is 10.5. The fourth-order valence-electron chi connectivity index (χ4n) is 1.46. The van der Waals surface area contributed by atoms with Crippen molar-refractivity contribution in [2.24, 2.45) is 0 Å². The minimum absolute atomic E-state index is 0.363. The largest absolute Gasteiger partial charge is 0.507 e. The molecule has 0 heterocycles. The molecule has 0 atom stereocenters. The molecule has 2 heteroatoms. The number of aromatic hydroxyl groups is 1. The summed E-state index contributed by atoms with van der Waals surface area (Å²) in [7, 11) is 0. The van der Waals surface area contributed by atoms with Crippen LogP contribution >= 0.6 is 11.8 Å². The highest BCUT2D eigenvalue weighted by Gasteiger charge is 2.02. The summed E-state index contributed by atoms with van der Waals surface area (Å²) in [6.07, 6.45) is 2.02. The first-order chi connectivity index (χ1) is 6.33. The van der Waals surface area contributed by atoms with Crippen LogP contribution in [0.1, 0.15) is 0 Å². The zero-order valence-corrected chi connectivity index (χ0v) is 8.14. The van der Waals surface area contributed by atoms with E-state index in [1.54, 1.807) is 17.8 Å². The standard InChI is InChI=1S/C11H10OS/c1-13-10-7-3-5-8-4-2-6-9(12)11(8)10/h2-7,12H,1H3. The molecule has 0 amide bonds. The van der Waals surface area contributed by atoms with E-state index >= 15 is 0 Å². The van der Waals surface area contributed by atoms with Crippen LogP contribution in [-0.4, -0.2) is 11.4 Å². The molecule has 2 aromatic rings. The highest BCUT2D eigenvalue weighted by Crippen LogP contribution is 2.32. The Morgan fingerprint density at radius 3 is 2.46 bits per heavy atom. The molecule has 0 spiro atoms. The maximum atomic E-state index is 9.67. The Morgan fingerprint density at radius 2 is 1.77 bits per heavy atom. The van der Waals surface area contributed by atoms with Crippen LogP contribution < -0.4 is 0 Å². The zero-order chi connectivity index (χ0) is 9.26. The summed E-state index contributed by atoms with van der Waals surface area (Å²) in [4.78, 5) is 1.12. The van der Waals surface area contributed by atoms with Gasteiger partial charge in [-0.15, -0.1) is 11.8 Å². The van der Waals surface area contributed by atoms with E-state index in [2.05, 4.69) is 0 Å². The number of phenols is 1. The molecule has 0 aliphatic carbocycles. The van der Waals surface area contributed by atoms with Gasteiger partial charge in [-0.05, 0) is 23.8 Å². The lowest BCUT2D eigenvalue weighted by atomic mass is 10.1. The lowest BCUT2D eigenvalue weighted by Crippen LogP contribution is -1.77. The van der Waals surface area contributed by atoms with Gasteiger partial charge in [-0.3, -0.25) is 0 Å². The van der Waals surface area contributed by atoms with E-state index in [9.17, 15) is 5.11 Å². The molecule has 66 valence electrons. The van der Waals surface area contributed by atoms with Gasteiger partial charge < -0.3 is 5.11 Å². The predicted molar refractivity (Wildman–Crippen MR) is 57.4 cm³/mol. The van der Waals surface area contributed by atoms with Gasteiger partial charge in [0.25, 0.3) is 0 Å². The van der Waals surface area contributed by atoms with Crippen molar-refractivity contribution in [1.82, 2.24) is 0 Å². The summed E-state index contributed by atoms with van der Waals surface area (Å²) in [6, 6.07) is 11.6. The predicted octanol–water partition coefficient (Wildman–Crippen LogP) is 3.27. The molecule has 0 bridgehead atoms. The third-order valence-electron chi connectivity index (χ3n) is 2.06. The van der Waals surface area contributed by atoms with Crippen LogP contribution in [0.3, 0.4) is 0 Å². The Hall–Kier alpha value is -1.15. The highest BCUT2D eigenvalue weighted by atomic mass is 32.2. The van der Waals surface area contributed by atoms with Crippen LogP contribution in [0.15, 0.2) is 41.3 Å².